The fourth-order valence-electron chi connectivity index (χ4n) is 3.41. The average molecular weight is 453 g/mol. The molecule has 2 N–H and O–H groups in total. The number of nitrogens with zero attached hydrogens (tertiary/aromatic N) is 3. The molecule has 0 amide bonds. The Morgan fingerprint density at radius 3 is 2.32 bits per heavy atom. The molecule has 0 radical (unpaired) electrons. The van der Waals surface area contributed by atoms with Crippen LogP contribution in [0, 0.1) is 6.92 Å². The number of nitrogens with two attached hydrogens (primary N) is 1. The van der Waals surface area contributed by atoms with Crippen molar-refractivity contribution in [3.8, 4) is 0 Å². The van der Waals surface area contributed by atoms with Crippen LogP contribution in [0.25, 0.3) is 0 Å². The van der Waals surface area contributed by atoms with Gasteiger partial charge in [0.2, 0.25) is 5.96 Å². The molecular weight excluding hydrogens is 432 g/mol. The summed E-state index contributed by atoms with van der Waals surface area (Å²) in [6.07, 6.45) is 0. The lowest BCUT2D eigenvalue weighted by Crippen LogP contribution is -2.33. The molecule has 1 atom stereocenters. The normalized spacial score (nSPS) is 17.0. The van der Waals surface area contributed by atoms with Gasteiger partial charge < -0.3 is 5.73 Å². The van der Waals surface area contributed by atoms with Gasteiger partial charge in [-0.3, -0.25) is 0 Å². The minimum absolute atomic E-state index is 0.0850. The topological polar surface area (TPSA) is 88.1 Å². The second-order valence-electron chi connectivity index (χ2n) is 7.28. The number of guanidine groups is 1. The van der Waals surface area contributed by atoms with Crippen LogP contribution >= 0.6 is 11.6 Å². The summed E-state index contributed by atoms with van der Waals surface area (Å²) >= 11 is 6.04. The number of rotatable bonds is 4. The van der Waals surface area contributed by atoms with Crippen molar-refractivity contribution < 1.29 is 8.42 Å². The Balaban J connectivity index is 1.70. The Hall–Kier alpha value is -3.16. The first-order valence-corrected chi connectivity index (χ1v) is 11.5. The average Bonchev–Trinajstić information content (AvgIpc) is 3.21. The largest absolute Gasteiger partial charge is 0.367 e. The van der Waals surface area contributed by atoms with E-state index < -0.39 is 10.0 Å². The van der Waals surface area contributed by atoms with Gasteiger partial charge in [-0.25, -0.2) is 5.01 Å². The zero-order chi connectivity index (χ0) is 22.0. The van der Waals surface area contributed by atoms with Gasteiger partial charge in [-0.15, -0.1) is 4.40 Å². The van der Waals surface area contributed by atoms with Crippen molar-refractivity contribution in [2.75, 3.05) is 6.54 Å². The molecule has 1 heterocycles. The summed E-state index contributed by atoms with van der Waals surface area (Å²) < 4.78 is 29.2. The van der Waals surface area contributed by atoms with Crippen molar-refractivity contribution in [1.82, 2.24) is 5.01 Å². The summed E-state index contributed by atoms with van der Waals surface area (Å²) in [5.41, 5.74) is 9.77. The van der Waals surface area contributed by atoms with Crippen LogP contribution in [0.1, 0.15) is 22.6 Å². The first kappa shape index (κ1) is 21.1. The molecule has 0 saturated carbocycles. The number of halogens is 1. The quantitative estimate of drug-likeness (QED) is 0.475. The van der Waals surface area contributed by atoms with Crippen molar-refractivity contribution in [2.45, 2.75) is 17.7 Å². The summed E-state index contributed by atoms with van der Waals surface area (Å²) in [6, 6.07) is 23.7. The van der Waals surface area contributed by atoms with Crippen molar-refractivity contribution >= 4 is 33.3 Å². The van der Waals surface area contributed by atoms with Gasteiger partial charge >= 0.3 is 0 Å². The van der Waals surface area contributed by atoms with Gasteiger partial charge in [-0.05, 0) is 42.3 Å². The summed E-state index contributed by atoms with van der Waals surface area (Å²) in [7, 11) is -3.95. The van der Waals surface area contributed by atoms with Crippen LogP contribution in [0.2, 0.25) is 5.02 Å². The molecule has 0 unspecified atom stereocenters. The molecule has 0 aliphatic carbocycles. The third kappa shape index (κ3) is 4.62. The first-order chi connectivity index (χ1) is 14.8. The number of hydrogen-bond donors (Lipinski definition) is 1. The van der Waals surface area contributed by atoms with Gasteiger partial charge in [-0.1, -0.05) is 71.8 Å². The minimum atomic E-state index is -3.95. The van der Waals surface area contributed by atoms with Gasteiger partial charge in [0.05, 0.1) is 17.2 Å². The highest BCUT2D eigenvalue weighted by Crippen LogP contribution is 2.29. The van der Waals surface area contributed by atoms with Crippen LogP contribution in [0.3, 0.4) is 0 Å². The van der Waals surface area contributed by atoms with Gasteiger partial charge in [0.25, 0.3) is 10.0 Å². The van der Waals surface area contributed by atoms with Crippen molar-refractivity contribution in [3.05, 3.63) is 101 Å². The molecule has 3 aromatic carbocycles. The molecule has 6 nitrogen and oxygen atoms in total. The molecule has 4 rings (SSSR count). The predicted octanol–water partition coefficient (Wildman–Crippen LogP) is 4.16. The maximum absolute atomic E-state index is 12.7. The molecule has 8 heteroatoms. The van der Waals surface area contributed by atoms with Gasteiger partial charge in [0, 0.05) is 10.9 Å². The Morgan fingerprint density at radius 1 is 1.03 bits per heavy atom. The number of hydrogen-bond acceptors (Lipinski definition) is 3. The molecule has 1 aliphatic rings. The summed E-state index contributed by atoms with van der Waals surface area (Å²) in [4.78, 5) is 0.0850. The Kier molecular flexibility index (Phi) is 5.80. The Labute approximate surface area is 186 Å². The molecule has 0 aromatic heterocycles. The molecule has 158 valence electrons. The van der Waals surface area contributed by atoms with Gasteiger partial charge in [-0.2, -0.15) is 13.5 Å². The highest BCUT2D eigenvalue weighted by Gasteiger charge is 2.31. The molecule has 0 fully saturated rings. The van der Waals surface area contributed by atoms with Crippen LogP contribution in [0.4, 0.5) is 0 Å². The van der Waals surface area contributed by atoms with E-state index in [0.29, 0.717) is 11.6 Å². The first-order valence-electron chi connectivity index (χ1n) is 9.67. The van der Waals surface area contributed by atoms with E-state index in [0.717, 1.165) is 22.4 Å². The molecule has 0 saturated heterocycles. The van der Waals surface area contributed by atoms with Crippen LogP contribution in [0.15, 0.2) is 93.3 Å². The van der Waals surface area contributed by atoms with Crippen molar-refractivity contribution in [1.29, 1.82) is 0 Å². The van der Waals surface area contributed by atoms with Crippen molar-refractivity contribution in [2.24, 2.45) is 15.2 Å². The molecule has 3 aromatic rings. The third-order valence-corrected chi connectivity index (χ3v) is 6.60. The minimum Gasteiger partial charge on any atom is -0.367 e. The summed E-state index contributed by atoms with van der Waals surface area (Å²) in [5.74, 6) is -0.274. The lowest BCUT2D eigenvalue weighted by Gasteiger charge is -2.15. The highest BCUT2D eigenvalue weighted by atomic mass is 35.5. The number of benzene rings is 3. The molecular formula is C23H21ClN4O2S. The smallest absolute Gasteiger partial charge is 0.285 e. The van der Waals surface area contributed by atoms with E-state index in [1.54, 1.807) is 24.3 Å². The van der Waals surface area contributed by atoms with E-state index in [9.17, 15) is 8.42 Å². The zero-order valence-electron chi connectivity index (χ0n) is 16.8. The maximum Gasteiger partial charge on any atom is 0.285 e. The van der Waals surface area contributed by atoms with Crippen LogP contribution in [-0.2, 0) is 10.0 Å². The SMILES string of the molecule is Cc1ccc(S(=O)(=O)N=C(N)N2C[C@H](c3ccccc3)C(c3ccc(Cl)cc3)=N2)cc1. The number of aryl methyl sites for hydroxylation is 1. The molecule has 1 aliphatic heterocycles. The fourth-order valence-corrected chi connectivity index (χ4v) is 4.46. The number of hydrazone groups is 1. The third-order valence-electron chi connectivity index (χ3n) is 5.05. The standard InChI is InChI=1S/C23H21ClN4O2S/c1-16-7-13-20(14-8-16)31(29,30)27-23(25)28-15-21(17-5-3-2-4-6-17)22(26-28)18-9-11-19(24)12-10-18/h2-14,21H,15H2,1H3,(H2,25,27)/t21-/m1/s1. The lowest BCUT2D eigenvalue weighted by molar-refractivity contribution is 0.470. The zero-order valence-corrected chi connectivity index (χ0v) is 18.4. The van der Waals surface area contributed by atoms with E-state index in [2.05, 4.69) is 9.50 Å². The van der Waals surface area contributed by atoms with Gasteiger partial charge in [0.1, 0.15) is 0 Å². The van der Waals surface area contributed by atoms with Crippen molar-refractivity contribution in [3.63, 3.8) is 0 Å². The second kappa shape index (κ2) is 8.53. The van der Waals surface area contributed by atoms with E-state index in [4.69, 9.17) is 17.3 Å². The van der Waals surface area contributed by atoms with Crippen LogP contribution in [0.5, 0.6) is 0 Å². The maximum atomic E-state index is 12.7. The van der Waals surface area contributed by atoms with Gasteiger partial charge in [0.15, 0.2) is 0 Å². The van der Waals surface area contributed by atoms with E-state index >= 15 is 0 Å². The molecule has 0 spiro atoms. The summed E-state index contributed by atoms with van der Waals surface area (Å²) in [6.45, 7) is 2.26. The Morgan fingerprint density at radius 2 is 1.68 bits per heavy atom. The number of sulfonamides is 1. The second-order valence-corrected chi connectivity index (χ2v) is 9.32. The predicted molar refractivity (Wildman–Crippen MR) is 124 cm³/mol. The lowest BCUT2D eigenvalue weighted by atomic mass is 9.91. The highest BCUT2D eigenvalue weighted by molar-refractivity contribution is 7.90. The van der Waals surface area contributed by atoms with E-state index in [1.807, 2.05) is 49.4 Å². The molecule has 31 heavy (non-hydrogen) atoms. The molecule has 0 bridgehead atoms. The van der Waals surface area contributed by atoms with E-state index in [-0.39, 0.29) is 16.8 Å². The monoisotopic (exact) mass is 452 g/mol. The van der Waals surface area contributed by atoms with Crippen LogP contribution < -0.4 is 5.73 Å². The summed E-state index contributed by atoms with van der Waals surface area (Å²) in [5, 5.41) is 6.69. The Bertz CT molecular complexity index is 1240. The fraction of sp³-hybridized carbons (Fsp3) is 0.130. The van der Waals surface area contributed by atoms with Crippen LogP contribution in [-0.4, -0.2) is 31.6 Å². The van der Waals surface area contributed by atoms with E-state index in [1.165, 1.54) is 17.1 Å².